The van der Waals surface area contributed by atoms with E-state index < -0.39 is 0 Å². The highest BCUT2D eigenvalue weighted by molar-refractivity contribution is 5.93. The zero-order valence-electron chi connectivity index (χ0n) is 11.0. The van der Waals surface area contributed by atoms with Gasteiger partial charge in [-0.2, -0.15) is 4.98 Å². The zero-order chi connectivity index (χ0) is 14.1. The second kappa shape index (κ2) is 4.70. The van der Waals surface area contributed by atoms with E-state index in [0.29, 0.717) is 5.82 Å². The molecule has 0 aliphatic carbocycles. The summed E-state index contributed by atoms with van der Waals surface area (Å²) in [4.78, 5) is 8.16. The minimum Gasteiger partial charge on any atom is -0.496 e. The minimum absolute atomic E-state index is 0.181. The molecule has 0 spiro atoms. The predicted octanol–water partition coefficient (Wildman–Crippen LogP) is 2.47. The number of hydrogen-bond donors (Lipinski definition) is 2. The number of nitrogens with zero attached hydrogens (tertiary/aromatic N) is 2. The first kappa shape index (κ1) is 12.2. The van der Waals surface area contributed by atoms with Gasteiger partial charge in [-0.15, -0.1) is 0 Å². The predicted molar refractivity (Wildman–Crippen MR) is 80.4 cm³/mol. The molecule has 0 fully saturated rings. The topological polar surface area (TPSA) is 87.0 Å². The lowest BCUT2D eigenvalue weighted by Crippen LogP contribution is -2.00. The maximum Gasteiger partial charge on any atom is 0.222 e. The third kappa shape index (κ3) is 1.99. The SMILES string of the molecule is COc1ccccc1-c1ccc2nc(N)nc(N)c2c1. The van der Waals surface area contributed by atoms with Crippen molar-refractivity contribution in [3.63, 3.8) is 0 Å². The molecule has 0 bridgehead atoms. The summed E-state index contributed by atoms with van der Waals surface area (Å²) in [5.74, 6) is 1.37. The Hall–Kier alpha value is -2.82. The first-order valence-electron chi connectivity index (χ1n) is 6.15. The van der Waals surface area contributed by atoms with Crippen LogP contribution in [0.15, 0.2) is 42.5 Å². The van der Waals surface area contributed by atoms with Crippen LogP contribution in [0.2, 0.25) is 0 Å². The molecule has 0 amide bonds. The third-order valence-electron chi connectivity index (χ3n) is 3.16. The van der Waals surface area contributed by atoms with E-state index in [1.165, 1.54) is 0 Å². The fourth-order valence-corrected chi connectivity index (χ4v) is 2.22. The number of anilines is 2. The molecule has 0 saturated carbocycles. The maximum absolute atomic E-state index is 5.91. The van der Waals surface area contributed by atoms with Crippen LogP contribution in [0.1, 0.15) is 0 Å². The Labute approximate surface area is 116 Å². The first-order valence-corrected chi connectivity index (χ1v) is 6.15. The molecule has 1 heterocycles. The van der Waals surface area contributed by atoms with Gasteiger partial charge in [0, 0.05) is 10.9 Å². The lowest BCUT2D eigenvalue weighted by atomic mass is 10.0. The van der Waals surface area contributed by atoms with Crippen molar-refractivity contribution < 1.29 is 4.74 Å². The largest absolute Gasteiger partial charge is 0.496 e. The van der Waals surface area contributed by atoms with E-state index in [1.807, 2.05) is 42.5 Å². The fourth-order valence-electron chi connectivity index (χ4n) is 2.22. The van der Waals surface area contributed by atoms with Crippen molar-refractivity contribution >= 4 is 22.7 Å². The number of ether oxygens (including phenoxy) is 1. The van der Waals surface area contributed by atoms with E-state index in [9.17, 15) is 0 Å². The standard InChI is InChI=1S/C15H14N4O/c1-20-13-5-3-2-4-10(13)9-6-7-12-11(8-9)14(16)19-15(17)18-12/h2-8H,1H3,(H4,16,17,18,19). The smallest absolute Gasteiger partial charge is 0.222 e. The van der Waals surface area contributed by atoms with Crippen LogP contribution in [0.25, 0.3) is 22.0 Å². The summed E-state index contributed by atoms with van der Waals surface area (Å²) < 4.78 is 5.38. The molecule has 0 saturated heterocycles. The van der Waals surface area contributed by atoms with Crippen LogP contribution in [0.5, 0.6) is 5.75 Å². The summed E-state index contributed by atoms with van der Waals surface area (Å²) in [7, 11) is 1.65. The molecule has 4 N–H and O–H groups in total. The molecule has 20 heavy (non-hydrogen) atoms. The van der Waals surface area contributed by atoms with Crippen molar-refractivity contribution in [1.82, 2.24) is 9.97 Å². The molecule has 5 heteroatoms. The van der Waals surface area contributed by atoms with Crippen molar-refractivity contribution in [1.29, 1.82) is 0 Å². The average Bonchev–Trinajstić information content (AvgIpc) is 2.47. The molecule has 0 aliphatic heterocycles. The zero-order valence-corrected chi connectivity index (χ0v) is 11.0. The second-order valence-electron chi connectivity index (χ2n) is 4.40. The highest BCUT2D eigenvalue weighted by Crippen LogP contribution is 2.32. The summed E-state index contributed by atoms with van der Waals surface area (Å²) >= 11 is 0. The summed E-state index contributed by atoms with van der Waals surface area (Å²) in [5.41, 5.74) is 14.2. The molecule has 0 radical (unpaired) electrons. The highest BCUT2D eigenvalue weighted by atomic mass is 16.5. The Kier molecular flexibility index (Phi) is 2.87. The van der Waals surface area contributed by atoms with Crippen LogP contribution in [0.4, 0.5) is 11.8 Å². The first-order chi connectivity index (χ1) is 9.69. The lowest BCUT2D eigenvalue weighted by molar-refractivity contribution is 0.416. The highest BCUT2D eigenvalue weighted by Gasteiger charge is 2.08. The number of nitrogen functional groups attached to an aromatic ring is 2. The van der Waals surface area contributed by atoms with Crippen LogP contribution in [0.3, 0.4) is 0 Å². The van der Waals surface area contributed by atoms with E-state index in [1.54, 1.807) is 7.11 Å². The number of methoxy groups -OCH3 is 1. The quantitative estimate of drug-likeness (QED) is 0.744. The molecule has 2 aromatic carbocycles. The van der Waals surface area contributed by atoms with Gasteiger partial charge in [0.2, 0.25) is 5.95 Å². The Balaban J connectivity index is 2.23. The molecular formula is C15H14N4O. The molecule has 3 rings (SSSR count). The van der Waals surface area contributed by atoms with E-state index in [-0.39, 0.29) is 5.95 Å². The Morgan fingerprint density at radius 1 is 1.00 bits per heavy atom. The number of rotatable bonds is 2. The number of hydrogen-bond acceptors (Lipinski definition) is 5. The number of benzene rings is 2. The number of nitrogens with two attached hydrogens (primary N) is 2. The van der Waals surface area contributed by atoms with Gasteiger partial charge in [-0.05, 0) is 23.8 Å². The van der Waals surface area contributed by atoms with E-state index in [0.717, 1.165) is 27.8 Å². The molecule has 0 aliphatic rings. The van der Waals surface area contributed by atoms with Gasteiger partial charge < -0.3 is 16.2 Å². The van der Waals surface area contributed by atoms with Crippen molar-refractivity contribution in [2.24, 2.45) is 0 Å². The average molecular weight is 266 g/mol. The summed E-state index contributed by atoms with van der Waals surface area (Å²) in [5, 5.41) is 0.780. The maximum atomic E-state index is 5.91. The van der Waals surface area contributed by atoms with Crippen molar-refractivity contribution in [3.05, 3.63) is 42.5 Å². The van der Waals surface area contributed by atoms with E-state index in [4.69, 9.17) is 16.2 Å². The molecule has 100 valence electrons. The fraction of sp³-hybridized carbons (Fsp3) is 0.0667. The second-order valence-corrected chi connectivity index (χ2v) is 4.40. The normalized spacial score (nSPS) is 10.7. The molecule has 1 aromatic heterocycles. The van der Waals surface area contributed by atoms with Gasteiger partial charge in [0.1, 0.15) is 11.6 Å². The van der Waals surface area contributed by atoms with E-state index >= 15 is 0 Å². The van der Waals surface area contributed by atoms with Gasteiger partial charge in [0.25, 0.3) is 0 Å². The summed E-state index contributed by atoms with van der Waals surface area (Å²) in [6.45, 7) is 0. The number of aromatic nitrogens is 2. The molecule has 5 nitrogen and oxygen atoms in total. The van der Waals surface area contributed by atoms with Crippen LogP contribution in [-0.2, 0) is 0 Å². The molecule has 0 unspecified atom stereocenters. The van der Waals surface area contributed by atoms with Crippen LogP contribution >= 0.6 is 0 Å². The van der Waals surface area contributed by atoms with Crippen LogP contribution < -0.4 is 16.2 Å². The molecular weight excluding hydrogens is 252 g/mol. The van der Waals surface area contributed by atoms with Crippen molar-refractivity contribution in [2.45, 2.75) is 0 Å². The van der Waals surface area contributed by atoms with Gasteiger partial charge in [0.05, 0.1) is 12.6 Å². The number of fused-ring (bicyclic) bond motifs is 1. The monoisotopic (exact) mass is 266 g/mol. The van der Waals surface area contributed by atoms with Gasteiger partial charge in [0.15, 0.2) is 0 Å². The van der Waals surface area contributed by atoms with E-state index in [2.05, 4.69) is 9.97 Å². The summed E-state index contributed by atoms with van der Waals surface area (Å²) in [6, 6.07) is 13.6. The van der Waals surface area contributed by atoms with Crippen LogP contribution in [-0.4, -0.2) is 17.1 Å². The Bertz CT molecular complexity index is 786. The number of para-hydroxylation sites is 1. The van der Waals surface area contributed by atoms with Crippen molar-refractivity contribution in [3.8, 4) is 16.9 Å². The van der Waals surface area contributed by atoms with Gasteiger partial charge in [-0.3, -0.25) is 0 Å². The Morgan fingerprint density at radius 2 is 1.80 bits per heavy atom. The lowest BCUT2D eigenvalue weighted by Gasteiger charge is -2.10. The third-order valence-corrected chi connectivity index (χ3v) is 3.16. The van der Waals surface area contributed by atoms with Gasteiger partial charge >= 0.3 is 0 Å². The molecule has 0 atom stereocenters. The van der Waals surface area contributed by atoms with Gasteiger partial charge in [-0.25, -0.2) is 4.98 Å². The van der Waals surface area contributed by atoms with Gasteiger partial charge in [-0.1, -0.05) is 24.3 Å². The Morgan fingerprint density at radius 3 is 2.60 bits per heavy atom. The summed E-state index contributed by atoms with van der Waals surface area (Å²) in [6.07, 6.45) is 0. The van der Waals surface area contributed by atoms with Crippen LogP contribution in [0, 0.1) is 0 Å². The minimum atomic E-state index is 0.181. The molecule has 3 aromatic rings. The van der Waals surface area contributed by atoms with Crippen molar-refractivity contribution in [2.75, 3.05) is 18.6 Å².